The first-order valence-electron chi connectivity index (χ1n) is 11.0. The molecular formula is C26H25N3O7S2. The van der Waals surface area contributed by atoms with Gasteiger partial charge in [0.25, 0.3) is 10.1 Å². The summed E-state index contributed by atoms with van der Waals surface area (Å²) < 4.78 is 36.6. The van der Waals surface area contributed by atoms with Gasteiger partial charge in [-0.25, -0.2) is 9.59 Å². The molecule has 0 aliphatic rings. The highest BCUT2D eigenvalue weighted by Gasteiger charge is 2.13. The number of carbonyl (C=O) groups is 2. The molecule has 0 radical (unpaired) electrons. The number of ether oxygens (including phenoxy) is 2. The van der Waals surface area contributed by atoms with Crippen molar-refractivity contribution in [2.45, 2.75) is 13.2 Å². The number of nitrogens with two attached hydrogens (primary N) is 1. The molecule has 0 spiro atoms. The number of fused-ring (bicyclic) bond motifs is 1. The Morgan fingerprint density at radius 2 is 1.66 bits per heavy atom. The quantitative estimate of drug-likeness (QED) is 0.0858. The zero-order chi connectivity index (χ0) is 27.7. The Balaban J connectivity index is 0.000000732. The van der Waals surface area contributed by atoms with Crippen LogP contribution >= 0.6 is 11.3 Å². The molecule has 1 aromatic heterocycles. The number of hydrogen-bond donors (Lipinski definition) is 4. The largest absolute Gasteiger partial charge is 0.445 e. The molecule has 10 nitrogen and oxygen atoms in total. The second-order valence-corrected chi connectivity index (χ2v) is 10.6. The third-order valence-corrected chi connectivity index (χ3v) is 5.88. The third kappa shape index (κ3) is 9.32. The summed E-state index contributed by atoms with van der Waals surface area (Å²) in [6, 6.07) is 23.5. The summed E-state index contributed by atoms with van der Waals surface area (Å²) in [5.74, 6) is -0.0573. The van der Waals surface area contributed by atoms with Crippen LogP contribution in [0.5, 0.6) is 5.75 Å². The second-order valence-electron chi connectivity index (χ2n) is 7.94. The Morgan fingerprint density at radius 3 is 2.34 bits per heavy atom. The lowest BCUT2D eigenvalue weighted by Gasteiger charge is -2.06. The van der Waals surface area contributed by atoms with Gasteiger partial charge in [0.1, 0.15) is 23.1 Å². The van der Waals surface area contributed by atoms with Gasteiger partial charge in [-0.1, -0.05) is 48.5 Å². The van der Waals surface area contributed by atoms with Gasteiger partial charge in [0.05, 0.1) is 12.8 Å². The molecular weight excluding hydrogens is 530 g/mol. The van der Waals surface area contributed by atoms with Gasteiger partial charge >= 0.3 is 12.1 Å². The fourth-order valence-electron chi connectivity index (χ4n) is 3.13. The summed E-state index contributed by atoms with van der Waals surface area (Å²) in [4.78, 5) is 25.7. The number of thiophene rings is 1. The van der Waals surface area contributed by atoms with Crippen LogP contribution in [0.1, 0.15) is 25.7 Å². The lowest BCUT2D eigenvalue weighted by molar-refractivity contribution is 0.0740. The number of nitrogens with one attached hydrogen (secondary N) is 2. The van der Waals surface area contributed by atoms with Crippen LogP contribution < -0.4 is 15.8 Å². The Labute approximate surface area is 223 Å². The molecule has 0 aliphatic carbocycles. The number of carbonyl (C=O) groups excluding carboxylic acids is 2. The highest BCUT2D eigenvalue weighted by Crippen LogP contribution is 2.24. The molecule has 4 rings (SSSR count). The number of nitrogen functional groups attached to an aromatic ring is 1. The maximum Gasteiger partial charge on any atom is 0.407 e. The summed E-state index contributed by atoms with van der Waals surface area (Å²) in [6.07, 6.45) is 0.188. The standard InChI is InChI=1S/C25H21N3O4S.CH4O3S/c26-23(27)19-7-6-18-13-20(9-8-17(18)12-19)32-24(29)22-11-10-21(33-22)14-28-25(30)31-15-16-4-2-1-3-5-16;1-5(2,3)4/h1-13H,14-15H2,(H3,26,27)(H,28,30);1H3,(H,2,3,4). The SMILES string of the molecule is CS(=O)(=O)O.N=C(N)c1ccc2cc(OC(=O)c3ccc(CNC(=O)OCc4ccccc4)s3)ccc2c1. The highest BCUT2D eigenvalue weighted by atomic mass is 32.2. The predicted octanol–water partition coefficient (Wildman–Crippen LogP) is 4.33. The molecule has 0 atom stereocenters. The van der Waals surface area contributed by atoms with Crippen LogP contribution in [0.3, 0.4) is 0 Å². The predicted molar refractivity (Wildman–Crippen MR) is 145 cm³/mol. The Kier molecular flexibility index (Phi) is 9.55. The van der Waals surface area contributed by atoms with Crippen LogP contribution in [0.15, 0.2) is 78.9 Å². The topological polar surface area (TPSA) is 169 Å². The molecule has 38 heavy (non-hydrogen) atoms. The second kappa shape index (κ2) is 12.8. The molecule has 3 aromatic carbocycles. The van der Waals surface area contributed by atoms with Crippen LogP contribution in [-0.4, -0.2) is 37.1 Å². The molecule has 0 bridgehead atoms. The van der Waals surface area contributed by atoms with Crippen molar-refractivity contribution in [2.24, 2.45) is 5.73 Å². The molecule has 198 valence electrons. The van der Waals surface area contributed by atoms with Crippen molar-refractivity contribution in [3.05, 3.63) is 99.7 Å². The van der Waals surface area contributed by atoms with Crippen LogP contribution in [-0.2, 0) is 28.0 Å². The van der Waals surface area contributed by atoms with Gasteiger partial charge < -0.3 is 20.5 Å². The minimum absolute atomic E-state index is 0.000138. The molecule has 0 unspecified atom stereocenters. The lowest BCUT2D eigenvalue weighted by atomic mass is 10.1. The molecule has 1 amide bonds. The average Bonchev–Trinajstić information content (AvgIpc) is 3.35. The summed E-state index contributed by atoms with van der Waals surface area (Å²) in [6.45, 7) is 0.441. The summed E-state index contributed by atoms with van der Waals surface area (Å²) in [5, 5.41) is 12.0. The van der Waals surface area contributed by atoms with Crippen LogP contribution in [0, 0.1) is 5.41 Å². The summed E-state index contributed by atoms with van der Waals surface area (Å²) in [7, 11) is -3.67. The van der Waals surface area contributed by atoms with Crippen molar-refractivity contribution < 1.29 is 32.0 Å². The lowest BCUT2D eigenvalue weighted by Crippen LogP contribution is -2.23. The van der Waals surface area contributed by atoms with Gasteiger partial charge in [0.2, 0.25) is 0 Å². The smallest absolute Gasteiger partial charge is 0.407 e. The van der Waals surface area contributed by atoms with E-state index in [4.69, 9.17) is 25.2 Å². The maximum atomic E-state index is 12.5. The van der Waals surface area contributed by atoms with E-state index in [0.29, 0.717) is 22.4 Å². The molecule has 0 saturated carbocycles. The number of rotatable bonds is 7. The van der Waals surface area contributed by atoms with Crippen molar-refractivity contribution in [3.63, 3.8) is 0 Å². The van der Waals surface area contributed by atoms with E-state index in [1.165, 1.54) is 11.3 Å². The monoisotopic (exact) mass is 555 g/mol. The van der Waals surface area contributed by atoms with E-state index in [1.54, 1.807) is 30.3 Å². The van der Waals surface area contributed by atoms with E-state index in [-0.39, 0.29) is 19.0 Å². The first-order valence-corrected chi connectivity index (χ1v) is 13.7. The summed E-state index contributed by atoms with van der Waals surface area (Å²) in [5.41, 5.74) is 7.07. The van der Waals surface area contributed by atoms with E-state index in [1.807, 2.05) is 48.5 Å². The number of amidine groups is 1. The fraction of sp³-hybridized carbons (Fsp3) is 0.115. The van der Waals surface area contributed by atoms with Gasteiger partial charge in [-0.3, -0.25) is 9.96 Å². The van der Waals surface area contributed by atoms with E-state index in [0.717, 1.165) is 21.2 Å². The highest BCUT2D eigenvalue weighted by molar-refractivity contribution is 7.85. The van der Waals surface area contributed by atoms with Gasteiger partial charge in [-0.2, -0.15) is 8.42 Å². The van der Waals surface area contributed by atoms with Crippen LogP contribution in [0.25, 0.3) is 10.8 Å². The van der Waals surface area contributed by atoms with Gasteiger partial charge in [0, 0.05) is 10.4 Å². The van der Waals surface area contributed by atoms with E-state index in [9.17, 15) is 18.0 Å². The molecule has 4 aromatic rings. The van der Waals surface area contributed by atoms with Crippen LogP contribution in [0.4, 0.5) is 4.79 Å². The zero-order valence-corrected chi connectivity index (χ0v) is 21.8. The number of amides is 1. The number of esters is 1. The van der Waals surface area contributed by atoms with E-state index >= 15 is 0 Å². The van der Waals surface area contributed by atoms with Crippen molar-refractivity contribution in [1.29, 1.82) is 5.41 Å². The minimum Gasteiger partial charge on any atom is -0.445 e. The molecule has 0 saturated heterocycles. The number of hydrogen-bond acceptors (Lipinski definition) is 8. The Morgan fingerprint density at radius 1 is 1.00 bits per heavy atom. The molecule has 1 heterocycles. The van der Waals surface area contributed by atoms with Gasteiger partial charge in [0.15, 0.2) is 0 Å². The first-order chi connectivity index (χ1) is 18.0. The maximum absolute atomic E-state index is 12.5. The third-order valence-electron chi connectivity index (χ3n) is 4.82. The number of benzene rings is 3. The molecule has 0 fully saturated rings. The molecule has 5 N–H and O–H groups in total. The van der Waals surface area contributed by atoms with Gasteiger partial charge in [-0.05, 0) is 46.7 Å². The van der Waals surface area contributed by atoms with E-state index < -0.39 is 22.2 Å². The normalized spacial score (nSPS) is 10.7. The average molecular weight is 556 g/mol. The first kappa shape index (κ1) is 28.3. The molecule has 0 aliphatic heterocycles. The van der Waals surface area contributed by atoms with Crippen molar-refractivity contribution in [3.8, 4) is 5.75 Å². The van der Waals surface area contributed by atoms with Crippen molar-refractivity contribution in [1.82, 2.24) is 5.32 Å². The minimum atomic E-state index is -3.67. The molecule has 12 heteroatoms. The number of alkyl carbamates (subject to hydrolysis) is 1. The van der Waals surface area contributed by atoms with Gasteiger partial charge in [-0.15, -0.1) is 11.3 Å². The van der Waals surface area contributed by atoms with Crippen molar-refractivity contribution in [2.75, 3.05) is 6.26 Å². The summed E-state index contributed by atoms with van der Waals surface area (Å²) >= 11 is 1.24. The fourth-order valence-corrected chi connectivity index (χ4v) is 3.95. The van der Waals surface area contributed by atoms with Crippen molar-refractivity contribution >= 4 is 50.1 Å². The Hall–Kier alpha value is -4.26. The van der Waals surface area contributed by atoms with Crippen LogP contribution in [0.2, 0.25) is 0 Å². The Bertz CT molecular complexity index is 1540. The van der Waals surface area contributed by atoms with E-state index in [2.05, 4.69) is 5.32 Å². The zero-order valence-electron chi connectivity index (χ0n) is 20.2.